The molecule has 0 aliphatic carbocycles. The molecule has 1 saturated heterocycles. The van der Waals surface area contributed by atoms with Crippen molar-refractivity contribution in [3.63, 3.8) is 0 Å². The average molecular weight is 360 g/mol. The number of benzene rings is 1. The van der Waals surface area contributed by atoms with Crippen LogP contribution in [0.25, 0.3) is 0 Å². The van der Waals surface area contributed by atoms with Crippen molar-refractivity contribution in [3.05, 3.63) is 41.5 Å². The Morgan fingerprint density at radius 3 is 2.50 bits per heavy atom. The summed E-state index contributed by atoms with van der Waals surface area (Å²) in [7, 11) is 0. The van der Waals surface area contributed by atoms with Crippen LogP contribution >= 0.6 is 0 Å². The molecule has 0 unspecified atom stereocenters. The number of nitrogens with zero attached hydrogens (tertiary/aromatic N) is 5. The third kappa shape index (κ3) is 3.60. The smallest absolute Gasteiger partial charge is 0.220 e. The van der Waals surface area contributed by atoms with Crippen molar-refractivity contribution in [1.29, 1.82) is 0 Å². The predicted octanol–water partition coefficient (Wildman–Crippen LogP) is 1.85. The van der Waals surface area contributed by atoms with Crippen molar-refractivity contribution >= 4 is 5.91 Å². The first kappa shape index (κ1) is 18.4. The lowest BCUT2D eigenvalue weighted by Gasteiger charge is -2.37. The van der Waals surface area contributed by atoms with Gasteiger partial charge in [0.15, 0.2) is 5.82 Å². The topological polar surface area (TPSA) is 89.9 Å². The molecule has 2 aromatic rings. The van der Waals surface area contributed by atoms with E-state index >= 15 is 0 Å². The van der Waals surface area contributed by atoms with Crippen molar-refractivity contribution < 1.29 is 9.18 Å². The molecule has 140 valence electrons. The number of carbonyl (C=O) groups is 1. The number of amides is 1. The first-order valence-electron chi connectivity index (χ1n) is 8.85. The number of nitrogens with two attached hydrogens (primary N) is 1. The fourth-order valence-electron chi connectivity index (χ4n) is 3.48. The predicted molar refractivity (Wildman–Crippen MR) is 94.5 cm³/mol. The minimum absolute atomic E-state index is 0.133. The molecular weight excluding hydrogens is 335 g/mol. The quantitative estimate of drug-likeness (QED) is 0.899. The maximum absolute atomic E-state index is 14.6. The Morgan fingerprint density at radius 2 is 1.92 bits per heavy atom. The second kappa shape index (κ2) is 7.11. The first-order chi connectivity index (χ1) is 12.3. The van der Waals surface area contributed by atoms with E-state index in [0.717, 1.165) is 0 Å². The van der Waals surface area contributed by atoms with E-state index in [2.05, 4.69) is 20.4 Å². The van der Waals surface area contributed by atoms with E-state index < -0.39 is 6.04 Å². The fourth-order valence-corrected chi connectivity index (χ4v) is 3.48. The molecule has 7 nitrogen and oxygen atoms in total. The molecule has 26 heavy (non-hydrogen) atoms. The van der Waals surface area contributed by atoms with Crippen LogP contribution in [0.1, 0.15) is 51.0 Å². The van der Waals surface area contributed by atoms with E-state index in [-0.39, 0.29) is 23.2 Å². The van der Waals surface area contributed by atoms with Crippen LogP contribution in [-0.2, 0) is 10.3 Å². The third-order valence-corrected chi connectivity index (χ3v) is 4.87. The van der Waals surface area contributed by atoms with Crippen LogP contribution in [0, 0.1) is 11.7 Å². The molecule has 0 saturated carbocycles. The summed E-state index contributed by atoms with van der Waals surface area (Å²) < 4.78 is 16.4. The Morgan fingerprint density at radius 1 is 1.27 bits per heavy atom. The molecule has 1 aliphatic rings. The second-order valence-corrected chi connectivity index (χ2v) is 7.76. The van der Waals surface area contributed by atoms with Gasteiger partial charge < -0.3 is 5.73 Å². The number of carbonyl (C=O) groups excluding carboxylic acids is 1. The fraction of sp³-hybridized carbons (Fsp3) is 0.556. The number of rotatable bonds is 4. The van der Waals surface area contributed by atoms with Crippen LogP contribution < -0.4 is 5.73 Å². The summed E-state index contributed by atoms with van der Waals surface area (Å²) in [6, 6.07) is 6.28. The zero-order valence-corrected chi connectivity index (χ0v) is 15.4. The minimum atomic E-state index is -0.417. The lowest BCUT2D eigenvalue weighted by molar-refractivity contribution is -0.123. The van der Waals surface area contributed by atoms with Crippen LogP contribution in [-0.4, -0.2) is 44.1 Å². The number of piperidine rings is 1. The van der Waals surface area contributed by atoms with Gasteiger partial charge in [0.05, 0.1) is 5.54 Å². The lowest BCUT2D eigenvalue weighted by atomic mass is 9.93. The van der Waals surface area contributed by atoms with Crippen molar-refractivity contribution in [3.8, 4) is 0 Å². The molecule has 1 fully saturated rings. The Balaban J connectivity index is 2.01. The van der Waals surface area contributed by atoms with Gasteiger partial charge in [-0.1, -0.05) is 18.2 Å². The average Bonchev–Trinajstić information content (AvgIpc) is 3.07. The first-order valence-corrected chi connectivity index (χ1v) is 8.85. The van der Waals surface area contributed by atoms with Crippen LogP contribution in [0.2, 0.25) is 0 Å². The highest BCUT2D eigenvalue weighted by Gasteiger charge is 2.35. The van der Waals surface area contributed by atoms with Crippen molar-refractivity contribution in [2.75, 3.05) is 13.1 Å². The van der Waals surface area contributed by atoms with Gasteiger partial charge in [-0.25, -0.2) is 9.07 Å². The standard InChI is InChI=1S/C18H25FN6O/c1-18(2,3)25-17(21-22-23-25)15(13-6-4-5-7-14(13)19)24-10-8-12(9-11-24)16(20)26/h4-7,12,15H,8-11H2,1-3H3,(H2,20,26)/t15-/m1/s1. The van der Waals surface area contributed by atoms with Crippen molar-refractivity contribution in [2.45, 2.75) is 45.2 Å². The molecule has 1 aromatic carbocycles. The van der Waals surface area contributed by atoms with E-state index in [1.807, 2.05) is 26.8 Å². The number of hydrogen-bond acceptors (Lipinski definition) is 5. The summed E-state index contributed by atoms with van der Waals surface area (Å²) in [6.45, 7) is 7.27. The maximum Gasteiger partial charge on any atom is 0.220 e. The highest BCUT2D eigenvalue weighted by Crippen LogP contribution is 2.34. The van der Waals surface area contributed by atoms with Crippen LogP contribution in [0.15, 0.2) is 24.3 Å². The number of likely N-dealkylation sites (tertiary alicyclic amines) is 1. The highest BCUT2D eigenvalue weighted by atomic mass is 19.1. The highest BCUT2D eigenvalue weighted by molar-refractivity contribution is 5.76. The zero-order valence-electron chi connectivity index (χ0n) is 15.4. The largest absolute Gasteiger partial charge is 0.369 e. The maximum atomic E-state index is 14.6. The normalized spacial score (nSPS) is 18.0. The van der Waals surface area contributed by atoms with E-state index in [1.165, 1.54) is 6.07 Å². The minimum Gasteiger partial charge on any atom is -0.369 e. The summed E-state index contributed by atoms with van der Waals surface area (Å²) in [5.74, 6) is -0.101. The zero-order chi connectivity index (χ0) is 18.9. The molecule has 2 N–H and O–H groups in total. The Kier molecular flexibility index (Phi) is 5.04. The van der Waals surface area contributed by atoms with Gasteiger partial charge in [0.2, 0.25) is 5.91 Å². The van der Waals surface area contributed by atoms with Gasteiger partial charge in [0.1, 0.15) is 11.9 Å². The van der Waals surface area contributed by atoms with Crippen molar-refractivity contribution in [2.24, 2.45) is 11.7 Å². The number of halogens is 1. The van der Waals surface area contributed by atoms with Crippen LogP contribution in [0.3, 0.4) is 0 Å². The molecule has 3 rings (SSSR count). The van der Waals surface area contributed by atoms with Gasteiger partial charge in [-0.15, -0.1) is 5.10 Å². The molecule has 0 radical (unpaired) electrons. The summed E-state index contributed by atoms with van der Waals surface area (Å²) in [4.78, 5) is 13.6. The van der Waals surface area contributed by atoms with E-state index in [0.29, 0.717) is 37.3 Å². The van der Waals surface area contributed by atoms with E-state index in [1.54, 1.807) is 16.8 Å². The number of aromatic nitrogens is 4. The Bertz CT molecular complexity index is 776. The van der Waals surface area contributed by atoms with Gasteiger partial charge in [0, 0.05) is 11.5 Å². The summed E-state index contributed by atoms with van der Waals surface area (Å²) >= 11 is 0. The van der Waals surface area contributed by atoms with Gasteiger partial charge in [-0.05, 0) is 63.2 Å². The lowest BCUT2D eigenvalue weighted by Crippen LogP contribution is -2.42. The SMILES string of the molecule is CC(C)(C)n1nnnc1[C@@H](c1ccccc1F)N1CCC(C(N)=O)CC1. The summed E-state index contributed by atoms with van der Waals surface area (Å²) in [5.41, 5.74) is 5.64. The van der Waals surface area contributed by atoms with Crippen molar-refractivity contribution in [1.82, 2.24) is 25.1 Å². The molecule has 1 atom stereocenters. The molecule has 0 bridgehead atoms. The molecule has 1 aromatic heterocycles. The molecule has 0 spiro atoms. The van der Waals surface area contributed by atoms with Crippen LogP contribution in [0.4, 0.5) is 4.39 Å². The van der Waals surface area contributed by atoms with Gasteiger partial charge >= 0.3 is 0 Å². The monoisotopic (exact) mass is 360 g/mol. The Labute approximate surface area is 152 Å². The number of hydrogen-bond donors (Lipinski definition) is 1. The molecule has 1 amide bonds. The van der Waals surface area contributed by atoms with Crippen LogP contribution in [0.5, 0.6) is 0 Å². The molecule has 2 heterocycles. The second-order valence-electron chi connectivity index (χ2n) is 7.76. The Hall–Kier alpha value is -2.35. The van der Waals surface area contributed by atoms with Gasteiger partial charge in [-0.3, -0.25) is 9.69 Å². The summed E-state index contributed by atoms with van der Waals surface area (Å²) in [5, 5.41) is 12.2. The number of primary amides is 1. The van der Waals surface area contributed by atoms with E-state index in [4.69, 9.17) is 5.73 Å². The molecular formula is C18H25FN6O. The summed E-state index contributed by atoms with van der Waals surface area (Å²) in [6.07, 6.45) is 1.30. The number of tetrazole rings is 1. The van der Waals surface area contributed by atoms with Gasteiger partial charge in [-0.2, -0.15) is 0 Å². The van der Waals surface area contributed by atoms with Gasteiger partial charge in [0.25, 0.3) is 0 Å². The third-order valence-electron chi connectivity index (χ3n) is 4.87. The molecule has 1 aliphatic heterocycles. The van der Waals surface area contributed by atoms with E-state index in [9.17, 15) is 9.18 Å². The molecule has 8 heteroatoms.